The molecular weight excluding hydrogens is 166 g/mol. The summed E-state index contributed by atoms with van der Waals surface area (Å²) >= 11 is 0. The summed E-state index contributed by atoms with van der Waals surface area (Å²) in [6, 6.07) is 0.576. The van der Waals surface area contributed by atoms with E-state index >= 15 is 0 Å². The molecule has 1 fully saturated rings. The molecule has 13 heavy (non-hydrogen) atoms. The monoisotopic (exact) mass is 187 g/mol. The van der Waals surface area contributed by atoms with Crippen molar-refractivity contribution in [3.8, 4) is 0 Å². The summed E-state index contributed by atoms with van der Waals surface area (Å²) in [5.74, 6) is 0.293. The molecule has 0 radical (unpaired) electrons. The lowest BCUT2D eigenvalue weighted by atomic mass is 9.94. The average Bonchev–Trinajstić information content (AvgIpc) is 2.08. The first-order chi connectivity index (χ1) is 6.15. The van der Waals surface area contributed by atoms with Crippen molar-refractivity contribution in [1.82, 2.24) is 4.90 Å². The second-order valence-electron chi connectivity index (χ2n) is 4.16. The molecule has 1 aliphatic heterocycles. The van der Waals surface area contributed by atoms with Gasteiger partial charge in [0.15, 0.2) is 0 Å². The van der Waals surface area contributed by atoms with Gasteiger partial charge >= 0.3 is 0 Å². The Morgan fingerprint density at radius 2 is 2.23 bits per heavy atom. The van der Waals surface area contributed by atoms with E-state index in [1.54, 1.807) is 7.11 Å². The standard InChI is InChI=1S/C10H21NO2/c1-8(2)11-5-4-10(12)9(6-11)7-13-3/h8-10,12H,4-7H2,1-3H3/t9-,10-/m1/s1. The zero-order valence-electron chi connectivity index (χ0n) is 8.86. The van der Waals surface area contributed by atoms with Gasteiger partial charge in [0, 0.05) is 32.2 Å². The molecule has 0 unspecified atom stereocenters. The number of aliphatic hydroxyl groups is 1. The van der Waals surface area contributed by atoms with Gasteiger partial charge in [-0.25, -0.2) is 0 Å². The number of likely N-dealkylation sites (tertiary alicyclic amines) is 1. The third-order valence-electron chi connectivity index (χ3n) is 2.84. The molecule has 3 heteroatoms. The van der Waals surface area contributed by atoms with Crippen molar-refractivity contribution in [3.63, 3.8) is 0 Å². The Morgan fingerprint density at radius 1 is 1.54 bits per heavy atom. The minimum Gasteiger partial charge on any atom is -0.393 e. The summed E-state index contributed by atoms with van der Waals surface area (Å²) in [5.41, 5.74) is 0. The molecule has 1 heterocycles. The molecule has 0 bridgehead atoms. The fraction of sp³-hybridized carbons (Fsp3) is 1.00. The molecule has 1 N–H and O–H groups in total. The lowest BCUT2D eigenvalue weighted by Crippen LogP contribution is -2.47. The molecule has 0 aliphatic carbocycles. The first-order valence-electron chi connectivity index (χ1n) is 5.06. The van der Waals surface area contributed by atoms with Crippen molar-refractivity contribution < 1.29 is 9.84 Å². The minimum atomic E-state index is -0.171. The summed E-state index contributed by atoms with van der Waals surface area (Å²) in [4.78, 5) is 2.40. The maximum atomic E-state index is 9.69. The minimum absolute atomic E-state index is 0.171. The fourth-order valence-electron chi connectivity index (χ4n) is 1.89. The van der Waals surface area contributed by atoms with Crippen LogP contribution in [0.1, 0.15) is 20.3 Å². The predicted octanol–water partition coefficient (Wildman–Crippen LogP) is 0.724. The highest BCUT2D eigenvalue weighted by Crippen LogP contribution is 2.19. The predicted molar refractivity (Wildman–Crippen MR) is 52.7 cm³/mol. The normalized spacial score (nSPS) is 31.2. The van der Waals surface area contributed by atoms with Gasteiger partial charge < -0.3 is 14.7 Å². The van der Waals surface area contributed by atoms with Crippen LogP contribution in [0.15, 0.2) is 0 Å². The van der Waals surface area contributed by atoms with Crippen molar-refractivity contribution in [2.24, 2.45) is 5.92 Å². The maximum absolute atomic E-state index is 9.69. The van der Waals surface area contributed by atoms with Crippen LogP contribution in [-0.4, -0.2) is 49.0 Å². The van der Waals surface area contributed by atoms with Gasteiger partial charge in [-0.05, 0) is 20.3 Å². The molecule has 1 aliphatic rings. The second kappa shape index (κ2) is 4.94. The number of piperidine rings is 1. The van der Waals surface area contributed by atoms with Crippen molar-refractivity contribution in [1.29, 1.82) is 0 Å². The molecule has 1 rings (SSSR count). The molecule has 0 aromatic rings. The number of hydrogen-bond acceptors (Lipinski definition) is 3. The van der Waals surface area contributed by atoms with Gasteiger partial charge in [0.2, 0.25) is 0 Å². The lowest BCUT2D eigenvalue weighted by molar-refractivity contribution is -0.0183. The molecule has 0 aromatic heterocycles. The maximum Gasteiger partial charge on any atom is 0.0614 e. The summed E-state index contributed by atoms with van der Waals surface area (Å²) in [6.07, 6.45) is 0.710. The Hall–Kier alpha value is -0.120. The van der Waals surface area contributed by atoms with Crippen molar-refractivity contribution in [2.75, 3.05) is 26.8 Å². The van der Waals surface area contributed by atoms with Gasteiger partial charge in [0.25, 0.3) is 0 Å². The van der Waals surface area contributed by atoms with Crippen LogP contribution in [0.2, 0.25) is 0 Å². The van der Waals surface area contributed by atoms with Gasteiger partial charge in [0.05, 0.1) is 12.7 Å². The molecule has 2 atom stereocenters. The number of aliphatic hydroxyl groups excluding tert-OH is 1. The van der Waals surface area contributed by atoms with Gasteiger partial charge in [-0.2, -0.15) is 0 Å². The molecule has 0 aromatic carbocycles. The number of methoxy groups -OCH3 is 1. The van der Waals surface area contributed by atoms with E-state index in [0.29, 0.717) is 18.6 Å². The van der Waals surface area contributed by atoms with Crippen LogP contribution in [0, 0.1) is 5.92 Å². The van der Waals surface area contributed by atoms with E-state index in [1.807, 2.05) is 0 Å². The average molecular weight is 187 g/mol. The highest BCUT2D eigenvalue weighted by Gasteiger charge is 2.28. The van der Waals surface area contributed by atoms with E-state index in [4.69, 9.17) is 4.74 Å². The zero-order valence-corrected chi connectivity index (χ0v) is 8.86. The van der Waals surface area contributed by atoms with Gasteiger partial charge in [0.1, 0.15) is 0 Å². The molecule has 1 saturated heterocycles. The van der Waals surface area contributed by atoms with Crippen molar-refractivity contribution in [3.05, 3.63) is 0 Å². The third-order valence-corrected chi connectivity index (χ3v) is 2.84. The Balaban J connectivity index is 2.42. The van der Waals surface area contributed by atoms with E-state index in [2.05, 4.69) is 18.7 Å². The Bertz CT molecular complexity index is 150. The number of nitrogens with zero attached hydrogens (tertiary/aromatic N) is 1. The summed E-state index contributed by atoms with van der Waals surface area (Å²) in [6.45, 7) is 7.04. The smallest absolute Gasteiger partial charge is 0.0614 e. The molecule has 78 valence electrons. The van der Waals surface area contributed by atoms with Crippen molar-refractivity contribution in [2.45, 2.75) is 32.4 Å². The number of ether oxygens (including phenoxy) is 1. The van der Waals surface area contributed by atoms with Gasteiger partial charge in [-0.3, -0.25) is 0 Å². The number of hydrogen-bond donors (Lipinski definition) is 1. The lowest BCUT2D eigenvalue weighted by Gasteiger charge is -2.38. The topological polar surface area (TPSA) is 32.7 Å². The van der Waals surface area contributed by atoms with Crippen LogP contribution < -0.4 is 0 Å². The molecule has 3 nitrogen and oxygen atoms in total. The van der Waals surface area contributed by atoms with Crippen LogP contribution >= 0.6 is 0 Å². The second-order valence-corrected chi connectivity index (χ2v) is 4.16. The van der Waals surface area contributed by atoms with Gasteiger partial charge in [-0.15, -0.1) is 0 Å². The summed E-state index contributed by atoms with van der Waals surface area (Å²) in [7, 11) is 1.70. The third kappa shape index (κ3) is 2.93. The van der Waals surface area contributed by atoms with Crippen LogP contribution in [0.3, 0.4) is 0 Å². The van der Waals surface area contributed by atoms with E-state index in [9.17, 15) is 5.11 Å². The SMILES string of the molecule is COC[C@H]1CN(C(C)C)CC[C@H]1O. The quantitative estimate of drug-likeness (QED) is 0.707. The van der Waals surface area contributed by atoms with E-state index in [0.717, 1.165) is 19.5 Å². The summed E-state index contributed by atoms with van der Waals surface area (Å²) in [5, 5.41) is 9.69. The Labute approximate surface area is 80.7 Å². The number of rotatable bonds is 3. The molecule has 0 saturated carbocycles. The highest BCUT2D eigenvalue weighted by molar-refractivity contribution is 4.81. The summed E-state index contributed by atoms with van der Waals surface area (Å²) < 4.78 is 5.09. The van der Waals surface area contributed by atoms with E-state index < -0.39 is 0 Å². The van der Waals surface area contributed by atoms with Crippen LogP contribution in [-0.2, 0) is 4.74 Å². The fourth-order valence-corrected chi connectivity index (χ4v) is 1.89. The first kappa shape index (κ1) is 11.0. The van der Waals surface area contributed by atoms with Crippen molar-refractivity contribution >= 4 is 0 Å². The van der Waals surface area contributed by atoms with Crippen LogP contribution in [0.5, 0.6) is 0 Å². The first-order valence-corrected chi connectivity index (χ1v) is 5.06. The molecule has 0 amide bonds. The molecular formula is C10H21NO2. The molecule has 0 spiro atoms. The van der Waals surface area contributed by atoms with E-state index in [1.165, 1.54) is 0 Å². The Kier molecular flexibility index (Phi) is 4.16. The van der Waals surface area contributed by atoms with Crippen LogP contribution in [0.4, 0.5) is 0 Å². The van der Waals surface area contributed by atoms with Gasteiger partial charge in [-0.1, -0.05) is 0 Å². The van der Waals surface area contributed by atoms with E-state index in [-0.39, 0.29) is 6.10 Å². The highest BCUT2D eigenvalue weighted by atomic mass is 16.5. The van der Waals surface area contributed by atoms with Crippen LogP contribution in [0.25, 0.3) is 0 Å². The zero-order chi connectivity index (χ0) is 9.84. The Morgan fingerprint density at radius 3 is 2.77 bits per heavy atom. The largest absolute Gasteiger partial charge is 0.393 e.